The van der Waals surface area contributed by atoms with E-state index in [2.05, 4.69) is 0 Å². The molecule has 0 aromatic rings. The Kier molecular flexibility index (Phi) is 3.65. The third-order valence-electron chi connectivity index (χ3n) is 2.34. The Bertz CT molecular complexity index is 186. The van der Waals surface area contributed by atoms with E-state index < -0.39 is 12.2 Å². The van der Waals surface area contributed by atoms with Gasteiger partial charge >= 0.3 is 5.97 Å². The highest BCUT2D eigenvalue weighted by molar-refractivity contribution is 5.66. The monoisotopic (exact) mass is 188 g/mol. The van der Waals surface area contributed by atoms with Crippen LogP contribution in [0.25, 0.3) is 0 Å². The number of rotatable bonds is 3. The molecule has 1 heterocycles. The van der Waals surface area contributed by atoms with Gasteiger partial charge in [-0.1, -0.05) is 0 Å². The van der Waals surface area contributed by atoms with Gasteiger partial charge in [0.2, 0.25) is 0 Å². The molecule has 5 heteroatoms. The van der Waals surface area contributed by atoms with Gasteiger partial charge in [-0.3, -0.25) is 14.6 Å². The zero-order chi connectivity index (χ0) is 9.84. The fourth-order valence-electron chi connectivity index (χ4n) is 1.37. The maximum Gasteiger partial charge on any atom is 0.304 e. The molecule has 1 atom stereocenters. The Morgan fingerprint density at radius 2 is 2.23 bits per heavy atom. The topological polar surface area (TPSA) is 64.0 Å². The second-order valence-corrected chi connectivity index (χ2v) is 3.41. The molecule has 1 aliphatic rings. The largest absolute Gasteiger partial charge is 0.481 e. The molecule has 76 valence electrons. The van der Waals surface area contributed by atoms with Gasteiger partial charge in [0.05, 0.1) is 6.42 Å². The SMILES string of the molecule is CN1CCN(CCC(=O)O)CC1O. The summed E-state index contributed by atoms with van der Waals surface area (Å²) in [5.74, 6) is -0.784. The van der Waals surface area contributed by atoms with E-state index in [4.69, 9.17) is 5.11 Å². The van der Waals surface area contributed by atoms with Crippen molar-refractivity contribution in [1.82, 2.24) is 9.80 Å². The molecule has 13 heavy (non-hydrogen) atoms. The van der Waals surface area contributed by atoms with Gasteiger partial charge in [0.15, 0.2) is 0 Å². The fraction of sp³-hybridized carbons (Fsp3) is 0.875. The van der Waals surface area contributed by atoms with Crippen LogP contribution in [0.1, 0.15) is 6.42 Å². The summed E-state index contributed by atoms with van der Waals surface area (Å²) in [6.45, 7) is 2.70. The molecule has 2 N–H and O–H groups in total. The van der Waals surface area contributed by atoms with Crippen molar-refractivity contribution in [2.75, 3.05) is 33.2 Å². The molecule has 0 amide bonds. The summed E-state index contributed by atoms with van der Waals surface area (Å²) in [6, 6.07) is 0. The smallest absolute Gasteiger partial charge is 0.304 e. The number of carbonyl (C=O) groups is 1. The van der Waals surface area contributed by atoms with Crippen LogP contribution >= 0.6 is 0 Å². The Morgan fingerprint density at radius 1 is 1.54 bits per heavy atom. The Hall–Kier alpha value is -0.650. The first-order valence-electron chi connectivity index (χ1n) is 4.42. The molecular formula is C8H16N2O3. The zero-order valence-corrected chi connectivity index (χ0v) is 7.81. The Labute approximate surface area is 77.6 Å². The maximum atomic E-state index is 10.3. The predicted molar refractivity (Wildman–Crippen MR) is 47.3 cm³/mol. The van der Waals surface area contributed by atoms with Crippen LogP contribution in [0.5, 0.6) is 0 Å². The van der Waals surface area contributed by atoms with Gasteiger partial charge in [0.1, 0.15) is 6.23 Å². The summed E-state index contributed by atoms with van der Waals surface area (Å²) in [5, 5.41) is 17.9. The number of β-amino-alcohol motifs (C(OH)–C–C–N with tert-alkyl or cyclic N) is 1. The van der Waals surface area contributed by atoms with E-state index in [9.17, 15) is 9.90 Å². The van der Waals surface area contributed by atoms with Crippen molar-refractivity contribution in [1.29, 1.82) is 0 Å². The third-order valence-corrected chi connectivity index (χ3v) is 2.34. The van der Waals surface area contributed by atoms with Crippen molar-refractivity contribution in [3.63, 3.8) is 0 Å². The van der Waals surface area contributed by atoms with E-state index in [0.29, 0.717) is 13.1 Å². The summed E-state index contributed by atoms with van der Waals surface area (Å²) >= 11 is 0. The minimum atomic E-state index is -0.784. The van der Waals surface area contributed by atoms with E-state index in [1.807, 2.05) is 16.8 Å². The van der Waals surface area contributed by atoms with Crippen molar-refractivity contribution in [2.24, 2.45) is 0 Å². The van der Waals surface area contributed by atoms with Crippen LogP contribution in [0.4, 0.5) is 0 Å². The molecule has 0 bridgehead atoms. The van der Waals surface area contributed by atoms with Crippen molar-refractivity contribution in [3.8, 4) is 0 Å². The van der Waals surface area contributed by atoms with Crippen LogP contribution in [0, 0.1) is 0 Å². The van der Waals surface area contributed by atoms with E-state index in [1.165, 1.54) is 0 Å². The van der Waals surface area contributed by atoms with Crippen LogP contribution in [0.15, 0.2) is 0 Å². The second-order valence-electron chi connectivity index (χ2n) is 3.41. The number of piperazine rings is 1. The first kappa shape index (κ1) is 10.4. The Morgan fingerprint density at radius 3 is 2.77 bits per heavy atom. The number of aliphatic carboxylic acids is 1. The molecule has 0 aromatic carbocycles. The highest BCUT2D eigenvalue weighted by Gasteiger charge is 2.21. The number of carboxylic acid groups (broad SMARTS) is 1. The van der Waals surface area contributed by atoms with E-state index >= 15 is 0 Å². The van der Waals surface area contributed by atoms with Crippen molar-refractivity contribution in [2.45, 2.75) is 12.6 Å². The molecule has 0 aliphatic carbocycles. The number of hydrogen-bond acceptors (Lipinski definition) is 4. The molecule has 1 rings (SSSR count). The van der Waals surface area contributed by atoms with Gasteiger partial charge in [0.25, 0.3) is 0 Å². The Balaban J connectivity index is 2.25. The average Bonchev–Trinajstić information content (AvgIpc) is 2.07. The lowest BCUT2D eigenvalue weighted by molar-refractivity contribution is -0.137. The highest BCUT2D eigenvalue weighted by atomic mass is 16.4. The maximum absolute atomic E-state index is 10.3. The molecule has 1 aliphatic heterocycles. The van der Waals surface area contributed by atoms with Gasteiger partial charge < -0.3 is 10.2 Å². The van der Waals surface area contributed by atoms with Crippen LogP contribution in [0.2, 0.25) is 0 Å². The predicted octanol–water partition coefficient (Wildman–Crippen LogP) is -0.973. The van der Waals surface area contributed by atoms with Crippen LogP contribution in [-0.2, 0) is 4.79 Å². The fourth-order valence-corrected chi connectivity index (χ4v) is 1.37. The minimum Gasteiger partial charge on any atom is -0.481 e. The molecule has 1 saturated heterocycles. The summed E-state index contributed by atoms with van der Waals surface area (Å²) in [4.78, 5) is 14.1. The quantitative estimate of drug-likeness (QED) is 0.596. The van der Waals surface area contributed by atoms with Crippen LogP contribution in [-0.4, -0.2) is 65.4 Å². The normalized spacial score (nSPS) is 26.2. The third kappa shape index (κ3) is 3.30. The summed E-state index contributed by atoms with van der Waals surface area (Å²) < 4.78 is 0. The molecular weight excluding hydrogens is 172 g/mol. The van der Waals surface area contributed by atoms with E-state index in [1.54, 1.807) is 0 Å². The van der Waals surface area contributed by atoms with Gasteiger partial charge in [-0.25, -0.2) is 0 Å². The number of carboxylic acids is 1. The highest BCUT2D eigenvalue weighted by Crippen LogP contribution is 2.05. The summed E-state index contributed by atoms with van der Waals surface area (Å²) in [7, 11) is 1.86. The number of aliphatic hydroxyl groups is 1. The number of hydrogen-bond donors (Lipinski definition) is 2. The molecule has 0 radical (unpaired) electrons. The lowest BCUT2D eigenvalue weighted by Gasteiger charge is -2.36. The van der Waals surface area contributed by atoms with Gasteiger partial charge in [-0.15, -0.1) is 0 Å². The van der Waals surface area contributed by atoms with E-state index in [0.717, 1.165) is 13.1 Å². The van der Waals surface area contributed by atoms with Crippen LogP contribution in [0.3, 0.4) is 0 Å². The molecule has 1 unspecified atom stereocenters. The van der Waals surface area contributed by atoms with Gasteiger partial charge in [0, 0.05) is 26.2 Å². The molecule has 0 aromatic heterocycles. The van der Waals surface area contributed by atoms with Crippen molar-refractivity contribution >= 4 is 5.97 Å². The second kappa shape index (κ2) is 4.55. The number of nitrogens with zero attached hydrogens (tertiary/aromatic N) is 2. The summed E-state index contributed by atoms with van der Waals surface area (Å²) in [5.41, 5.74) is 0. The molecule has 5 nitrogen and oxygen atoms in total. The first-order valence-corrected chi connectivity index (χ1v) is 4.42. The van der Waals surface area contributed by atoms with Gasteiger partial charge in [-0.2, -0.15) is 0 Å². The average molecular weight is 188 g/mol. The van der Waals surface area contributed by atoms with Crippen LogP contribution < -0.4 is 0 Å². The van der Waals surface area contributed by atoms with Crippen molar-refractivity contribution < 1.29 is 15.0 Å². The lowest BCUT2D eigenvalue weighted by atomic mass is 10.3. The van der Waals surface area contributed by atoms with E-state index in [-0.39, 0.29) is 6.42 Å². The molecule has 0 spiro atoms. The number of likely N-dealkylation sites (N-methyl/N-ethyl adjacent to an activating group) is 1. The van der Waals surface area contributed by atoms with Gasteiger partial charge in [-0.05, 0) is 7.05 Å². The summed E-state index contributed by atoms with van der Waals surface area (Å²) in [6.07, 6.45) is -0.307. The molecule has 1 fully saturated rings. The molecule has 0 saturated carbocycles. The minimum absolute atomic E-state index is 0.149. The first-order chi connectivity index (χ1) is 6.09. The number of aliphatic hydroxyl groups excluding tert-OH is 1. The van der Waals surface area contributed by atoms with Crippen molar-refractivity contribution in [3.05, 3.63) is 0 Å². The zero-order valence-electron chi connectivity index (χ0n) is 7.81. The standard InChI is InChI=1S/C8H16N2O3/c1-9-4-5-10(6-7(9)11)3-2-8(12)13/h7,11H,2-6H2,1H3,(H,12,13). The lowest BCUT2D eigenvalue weighted by Crippen LogP contribution is -2.51.